The Bertz CT molecular complexity index is 572. The Morgan fingerprint density at radius 1 is 1.14 bits per heavy atom. The van der Waals surface area contributed by atoms with Crippen molar-refractivity contribution in [2.75, 3.05) is 19.0 Å². The van der Waals surface area contributed by atoms with E-state index < -0.39 is 0 Å². The molecule has 1 atom stereocenters. The maximum atomic E-state index is 5.57. The molecule has 4 heteroatoms. The van der Waals surface area contributed by atoms with Gasteiger partial charge in [-0.3, -0.25) is 0 Å². The minimum Gasteiger partial charge on any atom is -0.496 e. The summed E-state index contributed by atoms with van der Waals surface area (Å²) in [4.78, 5) is 4.28. The molecule has 1 unspecified atom stereocenters. The van der Waals surface area contributed by atoms with Gasteiger partial charge in [-0.05, 0) is 31.5 Å². The maximum absolute atomic E-state index is 5.57. The Balaban J connectivity index is 2.27. The average molecular weight is 286 g/mol. The van der Waals surface area contributed by atoms with Gasteiger partial charge < -0.3 is 14.8 Å². The summed E-state index contributed by atoms with van der Waals surface area (Å²) in [7, 11) is 1.70. The summed E-state index contributed by atoms with van der Waals surface area (Å²) in [6.07, 6.45) is 2.67. The fourth-order valence-electron chi connectivity index (χ4n) is 2.29. The van der Waals surface area contributed by atoms with Crippen LogP contribution in [-0.2, 0) is 0 Å². The quantitative estimate of drug-likeness (QED) is 0.834. The second-order valence-corrected chi connectivity index (χ2v) is 4.64. The van der Waals surface area contributed by atoms with E-state index in [4.69, 9.17) is 9.47 Å². The highest BCUT2D eigenvalue weighted by Gasteiger charge is 2.16. The van der Waals surface area contributed by atoms with Crippen molar-refractivity contribution in [2.45, 2.75) is 26.3 Å². The zero-order valence-corrected chi connectivity index (χ0v) is 12.8. The van der Waals surface area contributed by atoms with Gasteiger partial charge in [0.25, 0.3) is 0 Å². The fraction of sp³-hybridized carbons (Fsp3) is 0.353. The molecule has 1 aromatic carbocycles. The van der Waals surface area contributed by atoms with Crippen molar-refractivity contribution in [3.8, 4) is 11.6 Å². The van der Waals surface area contributed by atoms with Gasteiger partial charge in [-0.15, -0.1) is 0 Å². The first-order chi connectivity index (χ1) is 10.3. The number of hydrogen-bond donors (Lipinski definition) is 1. The van der Waals surface area contributed by atoms with Crippen LogP contribution in [0.2, 0.25) is 0 Å². The van der Waals surface area contributed by atoms with Gasteiger partial charge in [0.1, 0.15) is 5.75 Å². The molecule has 112 valence electrons. The van der Waals surface area contributed by atoms with Crippen LogP contribution < -0.4 is 14.8 Å². The van der Waals surface area contributed by atoms with E-state index in [2.05, 4.69) is 23.3 Å². The third-order valence-corrected chi connectivity index (χ3v) is 3.30. The average Bonchev–Trinajstić information content (AvgIpc) is 2.54. The number of aromatic nitrogens is 1. The topological polar surface area (TPSA) is 43.4 Å². The molecule has 1 heterocycles. The number of para-hydroxylation sites is 1. The van der Waals surface area contributed by atoms with Crippen molar-refractivity contribution < 1.29 is 9.47 Å². The SMILES string of the molecule is CCOc1ncccc1NC(CC)c1ccccc1OC. The number of benzene rings is 1. The van der Waals surface area contributed by atoms with Crippen LogP contribution in [-0.4, -0.2) is 18.7 Å². The largest absolute Gasteiger partial charge is 0.496 e. The molecule has 0 spiro atoms. The first-order valence-electron chi connectivity index (χ1n) is 7.27. The predicted molar refractivity (Wildman–Crippen MR) is 85.1 cm³/mol. The van der Waals surface area contributed by atoms with Crippen LogP contribution >= 0.6 is 0 Å². The molecule has 0 amide bonds. The normalized spacial score (nSPS) is 11.8. The van der Waals surface area contributed by atoms with Gasteiger partial charge >= 0.3 is 0 Å². The Morgan fingerprint density at radius 2 is 1.95 bits per heavy atom. The number of nitrogens with zero attached hydrogens (tertiary/aromatic N) is 1. The molecule has 21 heavy (non-hydrogen) atoms. The van der Waals surface area contributed by atoms with Crippen molar-refractivity contribution in [1.29, 1.82) is 0 Å². The van der Waals surface area contributed by atoms with Gasteiger partial charge in [0.05, 0.1) is 25.4 Å². The van der Waals surface area contributed by atoms with Gasteiger partial charge in [0.15, 0.2) is 0 Å². The number of hydrogen-bond acceptors (Lipinski definition) is 4. The third kappa shape index (κ3) is 3.66. The number of rotatable bonds is 7. The lowest BCUT2D eigenvalue weighted by molar-refractivity contribution is 0.328. The van der Waals surface area contributed by atoms with Crippen molar-refractivity contribution in [3.05, 3.63) is 48.2 Å². The minimum absolute atomic E-state index is 0.143. The lowest BCUT2D eigenvalue weighted by Crippen LogP contribution is -2.12. The molecule has 0 radical (unpaired) electrons. The Kier molecular flexibility index (Phi) is 5.43. The summed E-state index contributed by atoms with van der Waals surface area (Å²) in [6, 6.07) is 12.1. The molecule has 2 rings (SSSR count). The molecule has 0 bridgehead atoms. The van der Waals surface area contributed by atoms with Crippen molar-refractivity contribution in [2.24, 2.45) is 0 Å². The van der Waals surface area contributed by atoms with Crippen LogP contribution in [0.1, 0.15) is 31.9 Å². The standard InChI is InChI=1S/C17H22N2O2/c1-4-14(13-9-6-7-11-16(13)20-3)19-15-10-8-12-18-17(15)21-5-2/h6-12,14,19H,4-5H2,1-3H3. The molecule has 0 aliphatic rings. The highest BCUT2D eigenvalue weighted by atomic mass is 16.5. The lowest BCUT2D eigenvalue weighted by Gasteiger charge is -2.22. The summed E-state index contributed by atoms with van der Waals surface area (Å²) in [6.45, 7) is 4.69. The number of nitrogens with one attached hydrogen (secondary N) is 1. The van der Waals surface area contributed by atoms with Crippen LogP contribution in [0.5, 0.6) is 11.6 Å². The molecule has 0 saturated carbocycles. The highest BCUT2D eigenvalue weighted by Crippen LogP contribution is 2.32. The Hall–Kier alpha value is -2.23. The summed E-state index contributed by atoms with van der Waals surface area (Å²) < 4.78 is 11.0. The van der Waals surface area contributed by atoms with Crippen molar-refractivity contribution in [1.82, 2.24) is 4.98 Å². The fourth-order valence-corrected chi connectivity index (χ4v) is 2.29. The van der Waals surface area contributed by atoms with E-state index in [0.29, 0.717) is 12.5 Å². The van der Waals surface area contributed by atoms with Crippen LogP contribution in [0, 0.1) is 0 Å². The first-order valence-corrected chi connectivity index (χ1v) is 7.27. The molecule has 0 fully saturated rings. The molecule has 0 aliphatic heterocycles. The Labute approximate surface area is 126 Å². The second kappa shape index (κ2) is 7.53. The number of methoxy groups -OCH3 is 1. The molecule has 1 aromatic heterocycles. The Morgan fingerprint density at radius 3 is 2.67 bits per heavy atom. The van der Waals surface area contributed by atoms with Gasteiger partial charge in [-0.25, -0.2) is 4.98 Å². The molecule has 2 aromatic rings. The lowest BCUT2D eigenvalue weighted by atomic mass is 10.0. The molecule has 4 nitrogen and oxygen atoms in total. The minimum atomic E-state index is 0.143. The van der Waals surface area contributed by atoms with Gasteiger partial charge in [-0.1, -0.05) is 25.1 Å². The van der Waals surface area contributed by atoms with E-state index >= 15 is 0 Å². The van der Waals surface area contributed by atoms with E-state index in [1.54, 1.807) is 13.3 Å². The molecule has 0 aliphatic carbocycles. The van der Waals surface area contributed by atoms with Crippen LogP contribution in [0.25, 0.3) is 0 Å². The van der Waals surface area contributed by atoms with E-state index in [1.165, 1.54) is 0 Å². The molecule has 1 N–H and O–H groups in total. The summed E-state index contributed by atoms with van der Waals surface area (Å²) in [5.41, 5.74) is 2.03. The number of pyridine rings is 1. The number of ether oxygens (including phenoxy) is 2. The maximum Gasteiger partial charge on any atom is 0.237 e. The van der Waals surface area contributed by atoms with E-state index in [-0.39, 0.29) is 6.04 Å². The highest BCUT2D eigenvalue weighted by molar-refractivity contribution is 5.54. The second-order valence-electron chi connectivity index (χ2n) is 4.64. The molecule has 0 saturated heterocycles. The van der Waals surface area contributed by atoms with Gasteiger partial charge in [-0.2, -0.15) is 0 Å². The van der Waals surface area contributed by atoms with Crippen LogP contribution in [0.4, 0.5) is 5.69 Å². The summed E-state index contributed by atoms with van der Waals surface area (Å²) in [5.74, 6) is 1.52. The number of anilines is 1. The van der Waals surface area contributed by atoms with Gasteiger partial charge in [0.2, 0.25) is 5.88 Å². The summed E-state index contributed by atoms with van der Waals surface area (Å²) >= 11 is 0. The van der Waals surface area contributed by atoms with Crippen molar-refractivity contribution >= 4 is 5.69 Å². The predicted octanol–water partition coefficient (Wildman–Crippen LogP) is 4.05. The van der Waals surface area contributed by atoms with Crippen LogP contribution in [0.3, 0.4) is 0 Å². The molecular formula is C17H22N2O2. The zero-order chi connectivity index (χ0) is 15.1. The van der Waals surface area contributed by atoms with E-state index in [9.17, 15) is 0 Å². The summed E-state index contributed by atoms with van der Waals surface area (Å²) in [5, 5.41) is 3.51. The third-order valence-electron chi connectivity index (χ3n) is 3.30. The molecular weight excluding hydrogens is 264 g/mol. The van der Waals surface area contributed by atoms with Gasteiger partial charge in [0, 0.05) is 11.8 Å². The first kappa shape index (κ1) is 15.2. The van der Waals surface area contributed by atoms with Crippen molar-refractivity contribution in [3.63, 3.8) is 0 Å². The van der Waals surface area contributed by atoms with E-state index in [0.717, 1.165) is 23.4 Å². The zero-order valence-electron chi connectivity index (χ0n) is 12.8. The van der Waals surface area contributed by atoms with Crippen LogP contribution in [0.15, 0.2) is 42.6 Å². The van der Waals surface area contributed by atoms with E-state index in [1.807, 2.05) is 37.3 Å². The monoisotopic (exact) mass is 286 g/mol. The smallest absolute Gasteiger partial charge is 0.237 e.